The summed E-state index contributed by atoms with van der Waals surface area (Å²) >= 11 is 1.62. The SMILES string of the molecule is Cc1nc(COc2ccc(C(=O)NC[C@H](C)N3CCCCC3)cc2)cs1. The molecule has 0 spiro atoms. The van der Waals surface area contributed by atoms with Crippen molar-refractivity contribution in [2.75, 3.05) is 19.6 Å². The Morgan fingerprint density at radius 3 is 2.65 bits per heavy atom. The highest BCUT2D eigenvalue weighted by Crippen LogP contribution is 2.16. The topological polar surface area (TPSA) is 54.5 Å². The zero-order chi connectivity index (χ0) is 18.4. The van der Waals surface area contributed by atoms with E-state index in [1.54, 1.807) is 11.3 Å². The van der Waals surface area contributed by atoms with Gasteiger partial charge in [0, 0.05) is 23.5 Å². The summed E-state index contributed by atoms with van der Waals surface area (Å²) in [5.41, 5.74) is 1.59. The van der Waals surface area contributed by atoms with Crippen LogP contribution in [-0.4, -0.2) is 41.5 Å². The van der Waals surface area contributed by atoms with Crippen LogP contribution in [-0.2, 0) is 6.61 Å². The lowest BCUT2D eigenvalue weighted by Crippen LogP contribution is -2.44. The van der Waals surface area contributed by atoms with Crippen LogP contribution in [0.5, 0.6) is 5.75 Å². The number of amides is 1. The van der Waals surface area contributed by atoms with Crippen LogP contribution in [0.2, 0.25) is 0 Å². The molecule has 5 nitrogen and oxygen atoms in total. The number of carbonyl (C=O) groups excluding carboxylic acids is 1. The predicted molar refractivity (Wildman–Crippen MR) is 105 cm³/mol. The Hall–Kier alpha value is -1.92. The van der Waals surface area contributed by atoms with Crippen molar-refractivity contribution >= 4 is 17.2 Å². The second kappa shape index (κ2) is 9.14. The Balaban J connectivity index is 1.45. The molecule has 1 atom stereocenters. The third-order valence-electron chi connectivity index (χ3n) is 4.74. The van der Waals surface area contributed by atoms with E-state index in [0.717, 1.165) is 29.5 Å². The van der Waals surface area contributed by atoms with Gasteiger partial charge in [-0.25, -0.2) is 4.98 Å². The van der Waals surface area contributed by atoms with Gasteiger partial charge in [-0.05, 0) is 64.0 Å². The highest BCUT2D eigenvalue weighted by molar-refractivity contribution is 7.09. The van der Waals surface area contributed by atoms with Crippen molar-refractivity contribution in [2.24, 2.45) is 0 Å². The molecular formula is C20H27N3O2S. The van der Waals surface area contributed by atoms with Crippen LogP contribution in [0.4, 0.5) is 0 Å². The number of aromatic nitrogens is 1. The maximum Gasteiger partial charge on any atom is 0.251 e. The Kier molecular flexibility index (Phi) is 6.63. The first-order valence-electron chi connectivity index (χ1n) is 9.28. The largest absolute Gasteiger partial charge is 0.487 e. The summed E-state index contributed by atoms with van der Waals surface area (Å²) < 4.78 is 5.72. The van der Waals surface area contributed by atoms with Crippen LogP contribution < -0.4 is 10.1 Å². The number of nitrogens with zero attached hydrogens (tertiary/aromatic N) is 2. The van der Waals surface area contributed by atoms with E-state index in [4.69, 9.17) is 4.74 Å². The maximum absolute atomic E-state index is 12.3. The molecule has 2 aromatic rings. The van der Waals surface area contributed by atoms with Crippen molar-refractivity contribution in [1.29, 1.82) is 0 Å². The molecule has 2 heterocycles. The smallest absolute Gasteiger partial charge is 0.251 e. The number of carbonyl (C=O) groups is 1. The lowest BCUT2D eigenvalue weighted by molar-refractivity contribution is 0.0930. The molecule has 1 fully saturated rings. The molecular weight excluding hydrogens is 346 g/mol. The molecule has 1 aromatic carbocycles. The van der Waals surface area contributed by atoms with Crippen LogP contribution in [0.15, 0.2) is 29.6 Å². The molecule has 1 aliphatic heterocycles. The van der Waals surface area contributed by atoms with Crippen molar-refractivity contribution in [3.05, 3.63) is 45.9 Å². The zero-order valence-electron chi connectivity index (χ0n) is 15.5. The van der Waals surface area contributed by atoms with Crippen LogP contribution in [0, 0.1) is 6.92 Å². The van der Waals surface area contributed by atoms with Crippen molar-refractivity contribution in [2.45, 2.75) is 45.8 Å². The first-order chi connectivity index (χ1) is 12.6. The summed E-state index contributed by atoms with van der Waals surface area (Å²) in [5, 5.41) is 6.08. The van der Waals surface area contributed by atoms with Gasteiger partial charge in [-0.2, -0.15) is 0 Å². The van der Waals surface area contributed by atoms with Crippen LogP contribution in [0.1, 0.15) is 47.2 Å². The minimum Gasteiger partial charge on any atom is -0.487 e. The Morgan fingerprint density at radius 2 is 2.00 bits per heavy atom. The third-order valence-corrected chi connectivity index (χ3v) is 5.56. The Morgan fingerprint density at radius 1 is 1.27 bits per heavy atom. The monoisotopic (exact) mass is 373 g/mol. The molecule has 0 saturated carbocycles. The molecule has 26 heavy (non-hydrogen) atoms. The second-order valence-corrected chi connectivity index (χ2v) is 7.89. The molecule has 1 aliphatic rings. The predicted octanol–water partition coefficient (Wildman–Crippen LogP) is 3.63. The van der Waals surface area contributed by atoms with Crippen LogP contribution in [0.3, 0.4) is 0 Å². The van der Waals surface area contributed by atoms with E-state index in [-0.39, 0.29) is 5.91 Å². The summed E-state index contributed by atoms with van der Waals surface area (Å²) in [6.45, 7) is 7.57. The number of hydrogen-bond donors (Lipinski definition) is 1. The summed E-state index contributed by atoms with van der Waals surface area (Å²) in [6, 6.07) is 7.67. The van der Waals surface area contributed by atoms with Gasteiger partial charge in [-0.3, -0.25) is 9.69 Å². The minimum atomic E-state index is -0.0319. The fraction of sp³-hybridized carbons (Fsp3) is 0.500. The molecule has 1 amide bonds. The Labute approximate surface area is 159 Å². The number of likely N-dealkylation sites (tertiary alicyclic amines) is 1. The van der Waals surface area contributed by atoms with E-state index in [1.165, 1.54) is 19.3 Å². The number of piperidine rings is 1. The van der Waals surface area contributed by atoms with E-state index in [0.29, 0.717) is 24.8 Å². The molecule has 0 aliphatic carbocycles. The lowest BCUT2D eigenvalue weighted by Gasteiger charge is -2.32. The highest BCUT2D eigenvalue weighted by atomic mass is 32.1. The van der Waals surface area contributed by atoms with Crippen molar-refractivity contribution in [1.82, 2.24) is 15.2 Å². The summed E-state index contributed by atoms with van der Waals surface area (Å²) in [6.07, 6.45) is 3.85. The van der Waals surface area contributed by atoms with E-state index >= 15 is 0 Å². The fourth-order valence-corrected chi connectivity index (χ4v) is 3.76. The minimum absolute atomic E-state index is 0.0319. The normalized spacial score (nSPS) is 16.2. The van der Waals surface area contributed by atoms with Crippen molar-refractivity contribution in [3.8, 4) is 5.75 Å². The average Bonchev–Trinajstić information content (AvgIpc) is 3.10. The van der Waals surface area contributed by atoms with Crippen molar-refractivity contribution in [3.63, 3.8) is 0 Å². The summed E-state index contributed by atoms with van der Waals surface area (Å²) in [7, 11) is 0. The summed E-state index contributed by atoms with van der Waals surface area (Å²) in [5.74, 6) is 0.712. The first-order valence-corrected chi connectivity index (χ1v) is 10.2. The number of aryl methyl sites for hydroxylation is 1. The van der Waals surface area contributed by atoms with Crippen molar-refractivity contribution < 1.29 is 9.53 Å². The van der Waals surface area contributed by atoms with Gasteiger partial charge in [-0.15, -0.1) is 11.3 Å². The van der Waals surface area contributed by atoms with E-state index in [1.807, 2.05) is 36.6 Å². The number of benzene rings is 1. The standard InChI is InChI=1S/C20H27N3O2S/c1-15(23-10-4-3-5-11-23)12-21-20(24)17-6-8-19(9-7-17)25-13-18-14-26-16(2)22-18/h6-9,14-15H,3-5,10-13H2,1-2H3,(H,21,24)/t15-/m0/s1. The number of nitrogens with one attached hydrogen (secondary N) is 1. The van der Waals surface area contributed by atoms with Crippen LogP contribution >= 0.6 is 11.3 Å². The number of ether oxygens (including phenoxy) is 1. The van der Waals surface area contributed by atoms with E-state index < -0.39 is 0 Å². The summed E-state index contributed by atoms with van der Waals surface area (Å²) in [4.78, 5) is 19.2. The molecule has 0 unspecified atom stereocenters. The molecule has 1 aromatic heterocycles. The Bertz CT molecular complexity index is 708. The fourth-order valence-electron chi connectivity index (χ4n) is 3.17. The van der Waals surface area contributed by atoms with Gasteiger partial charge >= 0.3 is 0 Å². The molecule has 1 saturated heterocycles. The number of thiazole rings is 1. The quantitative estimate of drug-likeness (QED) is 0.805. The molecule has 6 heteroatoms. The zero-order valence-corrected chi connectivity index (χ0v) is 16.3. The second-order valence-electron chi connectivity index (χ2n) is 6.83. The lowest BCUT2D eigenvalue weighted by atomic mass is 10.1. The molecule has 140 valence electrons. The van der Waals surface area contributed by atoms with E-state index in [2.05, 4.69) is 22.1 Å². The van der Waals surface area contributed by atoms with Crippen LogP contribution in [0.25, 0.3) is 0 Å². The number of hydrogen-bond acceptors (Lipinski definition) is 5. The van der Waals surface area contributed by atoms with Gasteiger partial charge in [-0.1, -0.05) is 6.42 Å². The molecule has 0 bridgehead atoms. The molecule has 0 radical (unpaired) electrons. The van der Waals surface area contributed by atoms with Gasteiger partial charge in [0.05, 0.1) is 10.7 Å². The average molecular weight is 374 g/mol. The molecule has 3 rings (SSSR count). The van der Waals surface area contributed by atoms with Gasteiger partial charge in [0.2, 0.25) is 0 Å². The number of rotatable bonds is 7. The third kappa shape index (κ3) is 5.29. The highest BCUT2D eigenvalue weighted by Gasteiger charge is 2.17. The van der Waals surface area contributed by atoms with E-state index in [9.17, 15) is 4.79 Å². The molecule has 1 N–H and O–H groups in total. The first kappa shape index (κ1) is 18.9. The van der Waals surface area contributed by atoms with Gasteiger partial charge in [0.1, 0.15) is 12.4 Å². The van der Waals surface area contributed by atoms with Gasteiger partial charge in [0.25, 0.3) is 5.91 Å². The van der Waals surface area contributed by atoms with Gasteiger partial charge < -0.3 is 10.1 Å². The van der Waals surface area contributed by atoms with Gasteiger partial charge in [0.15, 0.2) is 0 Å². The maximum atomic E-state index is 12.3.